The zero-order valence-corrected chi connectivity index (χ0v) is 17.3. The van der Waals surface area contributed by atoms with Gasteiger partial charge in [0.25, 0.3) is 0 Å². The van der Waals surface area contributed by atoms with Gasteiger partial charge < -0.3 is 20.5 Å². The average molecular weight is 442 g/mol. The van der Waals surface area contributed by atoms with Crippen LogP contribution in [0.3, 0.4) is 0 Å². The number of benzene rings is 3. The molecule has 33 heavy (non-hydrogen) atoms. The number of nitrogens with zero attached hydrogens (tertiary/aromatic N) is 4. The molecule has 3 aromatic carbocycles. The fraction of sp³-hybridized carbons (Fsp3) is 0.0417. The Hall–Kier alpha value is -4.66. The lowest BCUT2D eigenvalue weighted by Crippen LogP contribution is -2.12. The number of anilines is 5. The van der Waals surface area contributed by atoms with Gasteiger partial charge in [-0.3, -0.25) is 0 Å². The first-order valence-corrected chi connectivity index (χ1v) is 10.1. The van der Waals surface area contributed by atoms with Crippen molar-refractivity contribution in [3.63, 3.8) is 0 Å². The monoisotopic (exact) mass is 442 g/mol. The van der Waals surface area contributed by atoms with Crippen LogP contribution in [-0.4, -0.2) is 27.7 Å². The molecule has 0 fully saturated rings. The van der Waals surface area contributed by atoms with E-state index in [1.54, 1.807) is 35.3 Å². The van der Waals surface area contributed by atoms with Crippen molar-refractivity contribution >= 4 is 34.7 Å². The number of rotatable bonds is 6. The molecular formula is C24H19FN6O2. The molecule has 1 aromatic heterocycles. The molecule has 2 heterocycles. The van der Waals surface area contributed by atoms with Crippen molar-refractivity contribution in [2.45, 2.75) is 0 Å². The Morgan fingerprint density at radius 2 is 1.70 bits per heavy atom. The van der Waals surface area contributed by atoms with Crippen LogP contribution in [0.2, 0.25) is 0 Å². The zero-order valence-electron chi connectivity index (χ0n) is 17.3. The van der Waals surface area contributed by atoms with Crippen LogP contribution in [0, 0.1) is 5.82 Å². The largest absolute Gasteiger partial charge is 0.508 e. The van der Waals surface area contributed by atoms with Gasteiger partial charge in [0.1, 0.15) is 5.75 Å². The van der Waals surface area contributed by atoms with Gasteiger partial charge in [0.05, 0.1) is 11.9 Å². The average Bonchev–Trinajstić information content (AvgIpc) is 3.33. The summed E-state index contributed by atoms with van der Waals surface area (Å²) in [5, 5.41) is 21.8. The van der Waals surface area contributed by atoms with E-state index in [-0.39, 0.29) is 17.5 Å². The molecule has 0 spiro atoms. The number of ether oxygens (including phenoxy) is 1. The van der Waals surface area contributed by atoms with Crippen LogP contribution in [0.4, 0.5) is 33.2 Å². The fourth-order valence-corrected chi connectivity index (χ4v) is 3.26. The second kappa shape index (κ2) is 8.83. The number of hydrogen-bond donors (Lipinski definition) is 3. The molecule has 1 aliphatic rings. The van der Waals surface area contributed by atoms with E-state index in [9.17, 15) is 9.50 Å². The van der Waals surface area contributed by atoms with E-state index in [0.717, 1.165) is 17.4 Å². The molecule has 0 radical (unpaired) electrons. The molecule has 9 heteroatoms. The number of para-hydroxylation sites is 1. The highest BCUT2D eigenvalue weighted by Crippen LogP contribution is 2.24. The lowest BCUT2D eigenvalue weighted by molar-refractivity contribution is 0.338. The molecule has 0 bridgehead atoms. The summed E-state index contributed by atoms with van der Waals surface area (Å²) in [6, 6.07) is 23.5. The summed E-state index contributed by atoms with van der Waals surface area (Å²) in [6.45, 7) is 0.307. The summed E-state index contributed by atoms with van der Waals surface area (Å²) < 4.78 is 20.1. The second-order valence-electron chi connectivity index (χ2n) is 7.18. The van der Waals surface area contributed by atoms with Crippen molar-refractivity contribution in [1.82, 2.24) is 9.97 Å². The first-order valence-electron chi connectivity index (χ1n) is 10.1. The molecule has 0 saturated heterocycles. The number of phenols is 1. The molecule has 3 N–H and O–H groups in total. The highest BCUT2D eigenvalue weighted by atomic mass is 19.1. The third-order valence-corrected chi connectivity index (χ3v) is 4.81. The molecule has 0 saturated carbocycles. The lowest BCUT2D eigenvalue weighted by atomic mass is 10.2. The van der Waals surface area contributed by atoms with E-state index in [0.29, 0.717) is 24.0 Å². The molecule has 0 unspecified atom stereocenters. The van der Waals surface area contributed by atoms with E-state index in [1.165, 1.54) is 6.07 Å². The number of aromatic hydroxyl groups is 1. The summed E-state index contributed by atoms with van der Waals surface area (Å²) >= 11 is 0. The maximum Gasteiger partial charge on any atom is 0.240 e. The Kier molecular flexibility index (Phi) is 5.42. The molecule has 0 atom stereocenters. The van der Waals surface area contributed by atoms with Gasteiger partial charge >= 0.3 is 0 Å². The molecule has 0 aliphatic carbocycles. The van der Waals surface area contributed by atoms with Crippen molar-refractivity contribution in [2.75, 3.05) is 22.4 Å². The molecule has 1 aliphatic heterocycles. The van der Waals surface area contributed by atoms with Crippen LogP contribution in [0.5, 0.6) is 5.75 Å². The Bertz CT molecular complexity index is 1320. The summed E-state index contributed by atoms with van der Waals surface area (Å²) in [7, 11) is 0. The molecule has 5 rings (SSSR count). The van der Waals surface area contributed by atoms with Crippen molar-refractivity contribution in [3.8, 4) is 5.75 Å². The van der Waals surface area contributed by atoms with Crippen LogP contribution in [0.1, 0.15) is 5.56 Å². The second-order valence-corrected chi connectivity index (χ2v) is 7.18. The van der Waals surface area contributed by atoms with Crippen LogP contribution >= 0.6 is 0 Å². The van der Waals surface area contributed by atoms with Gasteiger partial charge in [0.15, 0.2) is 18.4 Å². The summed E-state index contributed by atoms with van der Waals surface area (Å²) in [5.74, 6) is 0.149. The predicted molar refractivity (Wildman–Crippen MR) is 125 cm³/mol. The van der Waals surface area contributed by atoms with E-state index in [2.05, 4.69) is 25.7 Å². The maximum atomic E-state index is 14.4. The van der Waals surface area contributed by atoms with Gasteiger partial charge in [-0.05, 0) is 42.5 Å². The van der Waals surface area contributed by atoms with Gasteiger partial charge in [-0.2, -0.15) is 4.98 Å². The quantitative estimate of drug-likeness (QED) is 0.388. The highest BCUT2D eigenvalue weighted by molar-refractivity contribution is 5.96. The Labute approximate surface area is 189 Å². The minimum atomic E-state index is -0.605. The number of halogens is 1. The normalized spacial score (nSPS) is 12.8. The molecular weight excluding hydrogens is 423 g/mol. The smallest absolute Gasteiger partial charge is 0.240 e. The summed E-state index contributed by atoms with van der Waals surface area (Å²) in [4.78, 5) is 8.17. The van der Waals surface area contributed by atoms with Crippen LogP contribution in [0.25, 0.3) is 0 Å². The van der Waals surface area contributed by atoms with Crippen molar-refractivity contribution in [2.24, 2.45) is 5.10 Å². The van der Waals surface area contributed by atoms with Crippen molar-refractivity contribution in [1.29, 1.82) is 0 Å². The third-order valence-electron chi connectivity index (χ3n) is 4.81. The standard InChI is InChI=1S/C24H19FN6O2/c25-21-14-26-24(28-18-8-5-11-20(32)13-18)29-22(21)27-17-7-4-6-16(12-17)23-30-31(15-33-23)19-9-2-1-3-10-19/h1-14,32H,15H2,(H2,26,27,28,29). The van der Waals surface area contributed by atoms with E-state index < -0.39 is 5.82 Å². The number of nitrogens with one attached hydrogen (secondary N) is 2. The molecule has 8 nitrogen and oxygen atoms in total. The fourth-order valence-electron chi connectivity index (χ4n) is 3.26. The first-order chi connectivity index (χ1) is 16.1. The number of hydrogen-bond acceptors (Lipinski definition) is 8. The third kappa shape index (κ3) is 4.67. The van der Waals surface area contributed by atoms with Crippen LogP contribution in [-0.2, 0) is 4.74 Å². The van der Waals surface area contributed by atoms with Gasteiger partial charge in [0, 0.05) is 23.0 Å². The predicted octanol–water partition coefficient (Wildman–Crippen LogP) is 4.96. The Morgan fingerprint density at radius 3 is 2.52 bits per heavy atom. The highest BCUT2D eigenvalue weighted by Gasteiger charge is 2.19. The van der Waals surface area contributed by atoms with Gasteiger partial charge in [-0.15, -0.1) is 5.10 Å². The van der Waals surface area contributed by atoms with Crippen molar-refractivity contribution < 1.29 is 14.2 Å². The van der Waals surface area contributed by atoms with Crippen LogP contribution < -0.4 is 15.6 Å². The van der Waals surface area contributed by atoms with Gasteiger partial charge in [-0.1, -0.05) is 30.3 Å². The number of aromatic nitrogens is 2. The minimum absolute atomic E-state index is 0.00462. The topological polar surface area (TPSA) is 94.9 Å². The van der Waals surface area contributed by atoms with Gasteiger partial charge in [0.2, 0.25) is 11.8 Å². The minimum Gasteiger partial charge on any atom is -0.508 e. The van der Waals surface area contributed by atoms with Crippen LogP contribution in [0.15, 0.2) is 90.2 Å². The van der Waals surface area contributed by atoms with Gasteiger partial charge in [-0.25, -0.2) is 14.4 Å². The van der Waals surface area contributed by atoms with E-state index in [1.807, 2.05) is 42.5 Å². The Balaban J connectivity index is 1.35. The number of hydrazone groups is 1. The Morgan fingerprint density at radius 1 is 0.909 bits per heavy atom. The SMILES string of the molecule is Oc1cccc(Nc2ncc(F)c(Nc3cccc(C4=NN(c5ccccc5)CO4)c3)n2)c1. The lowest BCUT2D eigenvalue weighted by Gasteiger charge is -2.10. The first kappa shape index (κ1) is 20.3. The zero-order chi connectivity index (χ0) is 22.6. The summed E-state index contributed by atoms with van der Waals surface area (Å²) in [5.41, 5.74) is 2.86. The molecule has 164 valence electrons. The summed E-state index contributed by atoms with van der Waals surface area (Å²) in [6.07, 6.45) is 1.08. The molecule has 0 amide bonds. The maximum absolute atomic E-state index is 14.4. The number of phenolic OH excluding ortho intramolecular Hbond substituents is 1. The molecule has 4 aromatic rings. The van der Waals surface area contributed by atoms with E-state index >= 15 is 0 Å². The van der Waals surface area contributed by atoms with E-state index in [4.69, 9.17) is 4.74 Å². The van der Waals surface area contributed by atoms with Crippen molar-refractivity contribution in [3.05, 3.63) is 96.4 Å².